The molecule has 2 fully saturated rings. The number of aryl methyl sites for hydroxylation is 1. The van der Waals surface area contributed by atoms with Gasteiger partial charge >= 0.3 is 0 Å². The molecule has 1 aliphatic heterocycles. The van der Waals surface area contributed by atoms with E-state index in [1.807, 2.05) is 44.3 Å². The van der Waals surface area contributed by atoms with Gasteiger partial charge in [0.1, 0.15) is 5.82 Å². The molecule has 2 heterocycles. The Morgan fingerprint density at radius 2 is 1.77 bits per heavy atom. The third kappa shape index (κ3) is 5.28. The van der Waals surface area contributed by atoms with Crippen LogP contribution in [0.3, 0.4) is 0 Å². The van der Waals surface area contributed by atoms with E-state index >= 15 is 0 Å². The average molecular weight is 422 g/mol. The van der Waals surface area contributed by atoms with Gasteiger partial charge in [0.05, 0.1) is 17.2 Å². The van der Waals surface area contributed by atoms with Gasteiger partial charge in [-0.2, -0.15) is 0 Å². The second-order valence-corrected chi connectivity index (χ2v) is 8.85. The van der Waals surface area contributed by atoms with Crippen molar-refractivity contribution in [1.82, 2.24) is 25.5 Å². The number of aromatic nitrogens is 2. The monoisotopic (exact) mass is 421 g/mol. The number of amides is 2. The van der Waals surface area contributed by atoms with Gasteiger partial charge < -0.3 is 15.5 Å². The molecule has 1 saturated heterocycles. The summed E-state index contributed by atoms with van der Waals surface area (Å²) >= 11 is 0. The first-order valence-corrected chi connectivity index (χ1v) is 11.2. The van der Waals surface area contributed by atoms with Crippen molar-refractivity contribution < 1.29 is 9.59 Å². The first-order chi connectivity index (χ1) is 15.0. The van der Waals surface area contributed by atoms with Crippen LogP contribution in [0.5, 0.6) is 0 Å². The van der Waals surface area contributed by atoms with Gasteiger partial charge in [0, 0.05) is 36.9 Å². The summed E-state index contributed by atoms with van der Waals surface area (Å²) in [5.74, 6) is 0.580. The predicted octanol–water partition coefficient (Wildman–Crippen LogP) is 2.56. The lowest BCUT2D eigenvalue weighted by Crippen LogP contribution is -2.45. The molecule has 2 atom stereocenters. The fourth-order valence-electron chi connectivity index (χ4n) is 4.33. The fraction of sp³-hybridized carbons (Fsp3) is 0.500. The first-order valence-electron chi connectivity index (χ1n) is 11.2. The lowest BCUT2D eigenvalue weighted by atomic mass is 9.92. The van der Waals surface area contributed by atoms with Crippen LogP contribution in [0.4, 0.5) is 0 Å². The summed E-state index contributed by atoms with van der Waals surface area (Å²) in [5, 5.41) is 6.34. The van der Waals surface area contributed by atoms with Crippen LogP contribution in [0.2, 0.25) is 0 Å². The van der Waals surface area contributed by atoms with Crippen molar-refractivity contribution in [3.8, 4) is 11.3 Å². The van der Waals surface area contributed by atoms with E-state index in [9.17, 15) is 9.59 Å². The van der Waals surface area contributed by atoms with Crippen LogP contribution >= 0.6 is 0 Å². The predicted molar refractivity (Wildman–Crippen MR) is 119 cm³/mol. The van der Waals surface area contributed by atoms with Crippen LogP contribution < -0.4 is 10.6 Å². The molecule has 0 unspecified atom stereocenters. The number of nitrogens with one attached hydrogen (secondary N) is 2. The summed E-state index contributed by atoms with van der Waals surface area (Å²) in [4.78, 5) is 36.7. The van der Waals surface area contributed by atoms with Crippen molar-refractivity contribution in [2.24, 2.45) is 5.92 Å². The molecule has 1 aliphatic carbocycles. The second kappa shape index (κ2) is 9.56. The lowest BCUT2D eigenvalue weighted by Gasteiger charge is -2.29. The van der Waals surface area contributed by atoms with E-state index in [1.165, 1.54) is 6.42 Å². The molecule has 0 bridgehead atoms. The molecule has 0 radical (unpaired) electrons. The number of likely N-dealkylation sites (tertiary alicyclic amines) is 1. The fourth-order valence-corrected chi connectivity index (χ4v) is 4.33. The van der Waals surface area contributed by atoms with Crippen LogP contribution in [0, 0.1) is 12.8 Å². The third-order valence-electron chi connectivity index (χ3n) is 6.29. The molecule has 2 amide bonds. The Morgan fingerprint density at radius 3 is 2.48 bits per heavy atom. The highest BCUT2D eigenvalue weighted by atomic mass is 16.2. The van der Waals surface area contributed by atoms with E-state index < -0.39 is 0 Å². The Hall–Kier alpha value is -2.80. The zero-order valence-electron chi connectivity index (χ0n) is 18.3. The highest BCUT2D eigenvalue weighted by Crippen LogP contribution is 2.23. The maximum atomic E-state index is 13.2. The minimum atomic E-state index is -0.172. The number of hydrogen-bond donors (Lipinski definition) is 2. The molecule has 2 aliphatic rings. The van der Waals surface area contributed by atoms with Crippen LogP contribution in [0.25, 0.3) is 11.3 Å². The van der Waals surface area contributed by atoms with E-state index in [-0.39, 0.29) is 23.8 Å². The topological polar surface area (TPSA) is 87.2 Å². The summed E-state index contributed by atoms with van der Waals surface area (Å²) in [7, 11) is 2.01. The van der Waals surface area contributed by atoms with Gasteiger partial charge in [0.25, 0.3) is 5.91 Å². The van der Waals surface area contributed by atoms with Gasteiger partial charge in [-0.25, -0.2) is 9.97 Å². The van der Waals surface area contributed by atoms with Crippen molar-refractivity contribution in [2.75, 3.05) is 20.1 Å². The number of carbonyl (C=O) groups excluding carboxylic acids is 2. The largest absolute Gasteiger partial charge is 0.353 e. The zero-order valence-corrected chi connectivity index (χ0v) is 18.3. The molecule has 164 valence electrons. The molecule has 1 aromatic heterocycles. The van der Waals surface area contributed by atoms with Gasteiger partial charge in [-0.15, -0.1) is 0 Å². The highest BCUT2D eigenvalue weighted by Gasteiger charge is 2.30. The van der Waals surface area contributed by atoms with E-state index in [1.54, 1.807) is 6.20 Å². The molecule has 7 nitrogen and oxygen atoms in total. The Bertz CT molecular complexity index is 929. The zero-order chi connectivity index (χ0) is 21.8. The summed E-state index contributed by atoms with van der Waals surface area (Å²) in [6.45, 7) is 3.25. The van der Waals surface area contributed by atoms with Gasteiger partial charge in [0.2, 0.25) is 5.91 Å². The first kappa shape index (κ1) is 21.4. The average Bonchev–Trinajstić information content (AvgIpc) is 2.92. The molecule has 1 aromatic carbocycles. The third-order valence-corrected chi connectivity index (χ3v) is 6.29. The normalized spacial score (nSPS) is 22.3. The summed E-state index contributed by atoms with van der Waals surface area (Å²) in [6, 6.07) is 10.0. The minimum Gasteiger partial charge on any atom is -0.353 e. The number of nitrogens with zero attached hydrogens (tertiary/aromatic N) is 3. The second-order valence-electron chi connectivity index (χ2n) is 8.85. The molecule has 2 N–H and O–H groups in total. The maximum Gasteiger partial charge on any atom is 0.255 e. The van der Waals surface area contributed by atoms with Gasteiger partial charge in [-0.05, 0) is 46.1 Å². The molecule has 7 heteroatoms. The van der Waals surface area contributed by atoms with Crippen LogP contribution in [0.15, 0.2) is 36.5 Å². The number of likely N-dealkylation sites (N-methyl/N-ethyl adjacent to an activating group) is 1. The van der Waals surface area contributed by atoms with Gasteiger partial charge in [0.15, 0.2) is 0 Å². The van der Waals surface area contributed by atoms with Crippen molar-refractivity contribution in [1.29, 1.82) is 0 Å². The molecule has 1 saturated carbocycles. The molecule has 2 aromatic rings. The van der Waals surface area contributed by atoms with Crippen molar-refractivity contribution in [3.05, 3.63) is 47.9 Å². The van der Waals surface area contributed by atoms with E-state index in [4.69, 9.17) is 0 Å². The Morgan fingerprint density at radius 1 is 1.00 bits per heavy atom. The smallest absolute Gasteiger partial charge is 0.255 e. The number of benzene rings is 1. The molecular weight excluding hydrogens is 390 g/mol. The summed E-state index contributed by atoms with van der Waals surface area (Å²) in [5.41, 5.74) is 2.01. The summed E-state index contributed by atoms with van der Waals surface area (Å²) < 4.78 is 0. The van der Waals surface area contributed by atoms with E-state index in [0.29, 0.717) is 36.2 Å². The standard InChI is InChI=1S/C24H31N5O2/c1-16-25-13-21(22(26-16)17-7-4-3-5-8-17)24(31)28-20-12-11-18(14-29(2)15-20)23(30)27-19-9-6-10-19/h3-5,7-8,13,18-20H,6,9-12,14-15H2,1-2H3,(H,27,30)(H,28,31)/t18-,20+/m1/s1. The quantitative estimate of drug-likeness (QED) is 0.775. The van der Waals surface area contributed by atoms with Crippen LogP contribution in [0.1, 0.15) is 48.3 Å². The molecule has 0 spiro atoms. The molecule has 31 heavy (non-hydrogen) atoms. The maximum absolute atomic E-state index is 13.2. The van der Waals surface area contributed by atoms with Crippen LogP contribution in [-0.2, 0) is 4.79 Å². The Kier molecular flexibility index (Phi) is 6.61. The number of hydrogen-bond acceptors (Lipinski definition) is 5. The molecular formula is C24H31N5O2. The Labute approximate surface area is 183 Å². The SMILES string of the molecule is Cc1ncc(C(=O)N[C@H]2CC[C@@H](C(=O)NC3CCC3)CN(C)C2)c(-c2ccccc2)n1. The number of carbonyl (C=O) groups is 2. The van der Waals surface area contributed by atoms with Crippen molar-refractivity contribution in [2.45, 2.75) is 51.1 Å². The Balaban J connectivity index is 1.43. The number of rotatable bonds is 5. The summed E-state index contributed by atoms with van der Waals surface area (Å²) in [6.07, 6.45) is 6.54. The van der Waals surface area contributed by atoms with Crippen LogP contribution in [-0.4, -0.2) is 58.9 Å². The van der Waals surface area contributed by atoms with Gasteiger partial charge in [-0.3, -0.25) is 9.59 Å². The lowest BCUT2D eigenvalue weighted by molar-refractivity contribution is -0.126. The van der Waals surface area contributed by atoms with Crippen molar-refractivity contribution in [3.63, 3.8) is 0 Å². The van der Waals surface area contributed by atoms with E-state index in [2.05, 4.69) is 25.5 Å². The van der Waals surface area contributed by atoms with Crippen molar-refractivity contribution >= 4 is 11.8 Å². The van der Waals surface area contributed by atoms with Gasteiger partial charge in [-0.1, -0.05) is 30.3 Å². The minimum absolute atomic E-state index is 0.0241. The highest BCUT2D eigenvalue weighted by molar-refractivity contribution is 5.99. The van der Waals surface area contributed by atoms with E-state index in [0.717, 1.165) is 31.2 Å². The molecule has 4 rings (SSSR count).